The van der Waals surface area contributed by atoms with Gasteiger partial charge in [0.1, 0.15) is 38.1 Å². The summed E-state index contributed by atoms with van der Waals surface area (Å²) in [5, 5.41) is 21.8. The zero-order valence-electron chi connectivity index (χ0n) is 68.5. The maximum atomic E-state index is 14.5. The molecule has 0 fully saturated rings. The summed E-state index contributed by atoms with van der Waals surface area (Å²) in [5.74, 6) is 1.09. The highest BCUT2D eigenvalue weighted by atomic mass is 16.8. The molecule has 0 aromatic heterocycles. The first-order valence-corrected chi connectivity index (χ1v) is 41.2. The summed E-state index contributed by atoms with van der Waals surface area (Å²) in [4.78, 5) is 70.5. The van der Waals surface area contributed by atoms with Crippen LogP contribution in [0.3, 0.4) is 0 Å². The van der Waals surface area contributed by atoms with E-state index in [-0.39, 0.29) is 41.0 Å². The van der Waals surface area contributed by atoms with E-state index in [1.54, 1.807) is 140 Å². The number of carbonyl (C=O) groups excluding carboxylic acids is 5. The van der Waals surface area contributed by atoms with Gasteiger partial charge in [-0.15, -0.1) is 0 Å². The molecule has 0 aliphatic rings. The average Bonchev–Trinajstić information content (AvgIpc) is 0.843. The molecule has 612 valence electrons. The molecule has 0 aliphatic carbocycles. The number of ether oxygens (including phenoxy) is 11. The van der Waals surface area contributed by atoms with E-state index >= 15 is 0 Å². The fraction of sp³-hybridized carbons (Fsp3) is 0.620. The van der Waals surface area contributed by atoms with E-state index in [0.29, 0.717) is 36.9 Å². The van der Waals surface area contributed by atoms with Crippen LogP contribution in [-0.4, -0.2) is 148 Å². The number of hydrogen-bond acceptors (Lipinski definition) is 18. The lowest BCUT2D eigenvalue weighted by Crippen LogP contribution is -2.50. The Kier molecular flexibility index (Phi) is 46.6. The van der Waals surface area contributed by atoms with E-state index in [1.165, 1.54) is 109 Å². The molecule has 5 aromatic carbocycles. The Labute approximate surface area is 659 Å². The highest BCUT2D eigenvalue weighted by Gasteiger charge is 2.40. The highest BCUT2D eigenvalue weighted by molar-refractivity contribution is 5.91. The van der Waals surface area contributed by atoms with Crippen molar-refractivity contribution in [2.45, 2.75) is 267 Å². The first-order chi connectivity index (χ1) is 53.0. The summed E-state index contributed by atoms with van der Waals surface area (Å²) >= 11 is 0. The van der Waals surface area contributed by atoms with Gasteiger partial charge in [-0.25, -0.2) is 24.0 Å². The Hall–Kier alpha value is -6.87. The Balaban J connectivity index is 1.50. The van der Waals surface area contributed by atoms with Gasteiger partial charge < -0.3 is 62.3 Å². The quantitative estimate of drug-likeness (QED) is 0.0160. The van der Waals surface area contributed by atoms with Crippen molar-refractivity contribution in [3.8, 4) is 0 Å². The van der Waals surface area contributed by atoms with Crippen LogP contribution < -0.4 is 0 Å². The predicted octanol–water partition coefficient (Wildman–Crippen LogP) is 19.6. The molecule has 0 heterocycles. The van der Waals surface area contributed by atoms with Crippen molar-refractivity contribution in [3.05, 3.63) is 179 Å². The fourth-order valence-electron chi connectivity index (χ4n) is 13.2. The Morgan fingerprint density at radius 2 is 0.609 bits per heavy atom. The van der Waals surface area contributed by atoms with Crippen LogP contribution in [0.1, 0.15) is 263 Å². The van der Waals surface area contributed by atoms with Crippen LogP contribution in [0.5, 0.6) is 0 Å². The lowest BCUT2D eigenvalue weighted by molar-refractivity contribution is -0.290. The van der Waals surface area contributed by atoms with Crippen molar-refractivity contribution in [1.82, 2.24) is 0 Å². The summed E-state index contributed by atoms with van der Waals surface area (Å²) in [6.45, 7) is 24.2. The third-order valence-electron chi connectivity index (χ3n) is 20.5. The Bertz CT molecular complexity index is 3210. The van der Waals surface area contributed by atoms with E-state index in [2.05, 4.69) is 69.2 Å². The van der Waals surface area contributed by atoms with Gasteiger partial charge in [0.05, 0.1) is 59.8 Å². The van der Waals surface area contributed by atoms with E-state index in [0.717, 1.165) is 68.6 Å². The zero-order chi connectivity index (χ0) is 79.8. The molecule has 110 heavy (non-hydrogen) atoms. The van der Waals surface area contributed by atoms with Crippen LogP contribution in [-0.2, 0) is 52.1 Å². The van der Waals surface area contributed by atoms with E-state index in [4.69, 9.17) is 52.1 Å². The second-order valence-corrected chi connectivity index (χ2v) is 31.8. The molecule has 5 aromatic rings. The van der Waals surface area contributed by atoms with Gasteiger partial charge in [-0.2, -0.15) is 0 Å². The molecule has 0 saturated carbocycles. The average molecular weight is 1530 g/mol. The molecule has 18 heteroatoms. The largest absolute Gasteiger partial charge is 0.459 e. The fourth-order valence-corrected chi connectivity index (χ4v) is 13.2. The molecular weight excluding hydrogens is 1390 g/mol. The number of hydrogen-bond donors (Lipinski definition) is 2. The third kappa shape index (κ3) is 39.5. The van der Waals surface area contributed by atoms with Gasteiger partial charge in [-0.1, -0.05) is 276 Å². The first kappa shape index (κ1) is 93.7. The summed E-state index contributed by atoms with van der Waals surface area (Å²) < 4.78 is 70.8. The van der Waals surface area contributed by atoms with Crippen molar-refractivity contribution in [2.75, 3.05) is 52.9 Å². The number of aliphatic hydroxyl groups excluding tert-OH is 2. The van der Waals surface area contributed by atoms with Gasteiger partial charge in [0, 0.05) is 13.2 Å². The van der Waals surface area contributed by atoms with Gasteiger partial charge in [-0.3, -0.25) is 0 Å². The first-order valence-electron chi connectivity index (χ1n) is 41.2. The maximum absolute atomic E-state index is 14.5. The summed E-state index contributed by atoms with van der Waals surface area (Å²) in [6.07, 6.45) is 10.6. The summed E-state index contributed by atoms with van der Waals surface area (Å²) in [6, 6.07) is 41.0. The van der Waals surface area contributed by atoms with Gasteiger partial charge in [0.2, 0.25) is 0 Å². The Morgan fingerprint density at radius 3 is 0.945 bits per heavy atom. The number of benzene rings is 5. The van der Waals surface area contributed by atoms with Crippen LogP contribution in [0.2, 0.25) is 0 Å². The Morgan fingerprint density at radius 1 is 0.309 bits per heavy atom. The predicted molar refractivity (Wildman–Crippen MR) is 432 cm³/mol. The molecule has 0 aliphatic heterocycles. The van der Waals surface area contributed by atoms with Gasteiger partial charge in [0.25, 0.3) is 0 Å². The lowest BCUT2D eigenvalue weighted by Gasteiger charge is -2.36. The van der Waals surface area contributed by atoms with Crippen LogP contribution in [0.25, 0.3) is 0 Å². The zero-order valence-corrected chi connectivity index (χ0v) is 68.5. The molecule has 0 amide bonds. The molecule has 11 unspecified atom stereocenters. The molecule has 0 radical (unpaired) electrons. The van der Waals surface area contributed by atoms with Crippen LogP contribution in [0, 0.1) is 47.3 Å². The van der Waals surface area contributed by atoms with Crippen molar-refractivity contribution in [3.63, 3.8) is 0 Å². The van der Waals surface area contributed by atoms with Crippen LogP contribution in [0.4, 0.5) is 0 Å². The van der Waals surface area contributed by atoms with Gasteiger partial charge >= 0.3 is 29.8 Å². The monoisotopic (exact) mass is 1530 g/mol. The molecule has 2 N–H and O–H groups in total. The lowest BCUT2D eigenvalue weighted by atomic mass is 9.91. The number of aliphatic hydroxyl groups is 2. The molecule has 0 saturated heterocycles. The van der Waals surface area contributed by atoms with Crippen molar-refractivity contribution >= 4 is 29.8 Å². The van der Waals surface area contributed by atoms with Crippen LogP contribution >= 0.6 is 0 Å². The van der Waals surface area contributed by atoms with Crippen molar-refractivity contribution in [1.29, 1.82) is 0 Å². The number of esters is 5. The number of rotatable bonds is 60. The normalized spacial score (nSPS) is 15.9. The minimum atomic E-state index is -1.80. The minimum Gasteiger partial charge on any atom is -0.459 e. The molecule has 5 rings (SSSR count). The van der Waals surface area contributed by atoms with Gasteiger partial charge in [-0.05, 0) is 135 Å². The van der Waals surface area contributed by atoms with Gasteiger partial charge in [0.15, 0.2) is 24.8 Å². The topological polar surface area (TPSA) is 227 Å². The van der Waals surface area contributed by atoms with Crippen molar-refractivity contribution in [2.24, 2.45) is 47.3 Å². The minimum absolute atomic E-state index is 0.107. The van der Waals surface area contributed by atoms with E-state index in [1.807, 2.05) is 0 Å². The molecule has 0 bridgehead atoms. The van der Waals surface area contributed by atoms with Crippen molar-refractivity contribution < 1.29 is 86.3 Å². The smallest absolute Gasteiger partial charge is 0.338 e. The molecule has 0 spiro atoms. The standard InChI is InChI=1S/C92H136O18/c1-66(2)34-28-36-68(5)38-30-40-70(7)42-32-44-72(9)56-58-100-61-81(101-59-57-73(10)45-33-43-71(8)41-31-39-69(6)37-29-35-67(3)4)62-105-91(84(107-89(98)79-52-24-16-25-53-79)64-103-87(96)77-48-20-14-21-49-77)110-83(63-102-86(95)76-46-18-13-19-47-76)75(12)106-92(109-82(60-93)74(11)94)85(108-90(99)80-54-26-17-27-55-80)65-104-88(97)78-50-22-15-23-51-78/h13-27,46-55,66-75,81-85,91-94H,28-45,56-65H2,1-12H3/t68?,69?,70?,71?,72?,73?,74-,75+,81?,82?,83?,84+,85+,91?,92?/m1/s1. The maximum Gasteiger partial charge on any atom is 0.338 e. The number of carbonyl (C=O) groups is 5. The highest BCUT2D eigenvalue weighted by Crippen LogP contribution is 2.28. The summed E-state index contributed by atoms with van der Waals surface area (Å²) in [7, 11) is 0. The third-order valence-corrected chi connectivity index (χ3v) is 20.5. The molecular formula is C92H136O18. The van der Waals surface area contributed by atoms with E-state index < -0.39 is 112 Å². The second-order valence-electron chi connectivity index (χ2n) is 31.8. The van der Waals surface area contributed by atoms with E-state index in [9.17, 15) is 34.2 Å². The van der Waals surface area contributed by atoms with Crippen LogP contribution in [0.15, 0.2) is 152 Å². The molecule has 15 atom stereocenters. The summed E-state index contributed by atoms with van der Waals surface area (Å²) in [5.41, 5.74) is 0.867. The molecule has 18 nitrogen and oxygen atoms in total. The SMILES string of the molecule is CC(C)CCCC(C)CCCC(C)CCCC(C)CCOCC(COC(OC(COC(=O)c1ccccc1)[C@H](C)OC(OC(CO)[C@@H](C)O)[C@H](COC(=O)c1ccccc1)OC(=O)c1ccccc1)[C@H](COC(=O)c1ccccc1)OC(=O)c1ccccc1)OCCC(C)CCCC(C)CCCC(C)CCCC(C)C. The second kappa shape index (κ2) is 54.7.